The van der Waals surface area contributed by atoms with Crippen LogP contribution in [0.5, 0.6) is 0 Å². The Kier molecular flexibility index (Phi) is 7.56. The molecule has 0 unspecified atom stereocenters. The first-order chi connectivity index (χ1) is 13.6. The van der Waals surface area contributed by atoms with Gasteiger partial charge in [-0.1, -0.05) is 60.7 Å². The summed E-state index contributed by atoms with van der Waals surface area (Å²) < 4.78 is 23.4. The molecule has 2 aromatic carbocycles. The summed E-state index contributed by atoms with van der Waals surface area (Å²) in [5.41, 5.74) is 7.89. The lowest BCUT2D eigenvalue weighted by molar-refractivity contribution is -0.170. The zero-order chi connectivity index (χ0) is 19.8. The fourth-order valence-electron chi connectivity index (χ4n) is 3.04. The number of cyclic esters (lactones) is 1. The monoisotopic (exact) mass is 385 g/mol. The molecule has 6 nitrogen and oxygen atoms in total. The molecule has 0 spiro atoms. The lowest BCUT2D eigenvalue weighted by atomic mass is 10.1. The number of benzene rings is 2. The summed E-state index contributed by atoms with van der Waals surface area (Å²) in [6.07, 6.45) is -1.42. The van der Waals surface area contributed by atoms with Gasteiger partial charge in [0.15, 0.2) is 0 Å². The van der Waals surface area contributed by atoms with Gasteiger partial charge in [0.25, 0.3) is 0 Å². The van der Waals surface area contributed by atoms with Crippen LogP contribution in [-0.2, 0) is 37.0 Å². The van der Waals surface area contributed by atoms with E-state index in [0.29, 0.717) is 13.2 Å². The molecule has 0 saturated carbocycles. The summed E-state index contributed by atoms with van der Waals surface area (Å²) >= 11 is 0. The summed E-state index contributed by atoms with van der Waals surface area (Å²) in [6.45, 7) is 2.94. The van der Waals surface area contributed by atoms with Gasteiger partial charge in [-0.15, -0.1) is 0 Å². The van der Waals surface area contributed by atoms with Crippen molar-refractivity contribution in [2.75, 3.05) is 13.2 Å². The van der Waals surface area contributed by atoms with E-state index in [-0.39, 0.29) is 13.2 Å². The first-order valence-corrected chi connectivity index (χ1v) is 9.48. The molecule has 1 heterocycles. The van der Waals surface area contributed by atoms with Crippen LogP contribution in [0.4, 0.5) is 0 Å². The molecule has 0 amide bonds. The molecule has 150 valence electrons. The second kappa shape index (κ2) is 10.3. The Morgan fingerprint density at radius 3 is 2.11 bits per heavy atom. The van der Waals surface area contributed by atoms with Crippen molar-refractivity contribution in [1.82, 2.24) is 0 Å². The summed E-state index contributed by atoms with van der Waals surface area (Å²) in [7, 11) is 0. The Morgan fingerprint density at radius 2 is 1.50 bits per heavy atom. The summed E-state index contributed by atoms with van der Waals surface area (Å²) in [4.78, 5) is 12.1. The highest BCUT2D eigenvalue weighted by atomic mass is 16.6. The molecule has 1 fully saturated rings. The molecule has 6 heteroatoms. The van der Waals surface area contributed by atoms with Gasteiger partial charge in [0, 0.05) is 0 Å². The fraction of sp³-hybridized carbons (Fsp3) is 0.409. The molecule has 0 aromatic heterocycles. The highest BCUT2D eigenvalue weighted by Gasteiger charge is 2.34. The van der Waals surface area contributed by atoms with Crippen LogP contribution in [-0.4, -0.2) is 43.5 Å². The van der Waals surface area contributed by atoms with Crippen molar-refractivity contribution in [1.29, 1.82) is 0 Å². The van der Waals surface area contributed by atoms with Crippen LogP contribution >= 0.6 is 0 Å². The van der Waals surface area contributed by atoms with Crippen LogP contribution in [0, 0.1) is 0 Å². The molecular formula is C22H27NO5. The van der Waals surface area contributed by atoms with Gasteiger partial charge >= 0.3 is 5.97 Å². The maximum Gasteiger partial charge on any atom is 0.325 e. The van der Waals surface area contributed by atoms with Gasteiger partial charge in [0.1, 0.15) is 24.4 Å². The number of nitrogens with two attached hydrogens (primary N) is 1. The maximum absolute atomic E-state index is 12.1. The van der Waals surface area contributed by atoms with Crippen LogP contribution in [0.3, 0.4) is 0 Å². The summed E-state index contributed by atoms with van der Waals surface area (Å²) in [5.74, 6) is -0.496. The Balaban J connectivity index is 1.72. The van der Waals surface area contributed by atoms with Crippen LogP contribution < -0.4 is 5.73 Å². The number of rotatable bonds is 6. The Hall–Kier alpha value is -2.25. The SMILES string of the molecule is C[C@H]1OC(=O)[C@H](N)COC[C@H](OCc2ccccc2)[C@H]1OCc1ccccc1. The number of hydrogen-bond donors (Lipinski definition) is 1. The van der Waals surface area contributed by atoms with E-state index >= 15 is 0 Å². The molecule has 0 aliphatic carbocycles. The van der Waals surface area contributed by atoms with E-state index in [4.69, 9.17) is 24.7 Å². The summed E-state index contributed by atoms with van der Waals surface area (Å²) in [6, 6.07) is 18.9. The third kappa shape index (κ3) is 5.87. The van der Waals surface area contributed by atoms with Gasteiger partial charge in [0.2, 0.25) is 0 Å². The standard InChI is InChI=1S/C22H27NO5/c1-16-21(27-13-18-10-6-3-7-11-18)20(15-25-14-19(23)22(24)28-16)26-12-17-8-4-2-5-9-17/h2-11,16,19-21H,12-15,23H2,1H3/t16-,19-,20+,21+/m1/s1. The van der Waals surface area contributed by atoms with Gasteiger partial charge in [-0.05, 0) is 18.1 Å². The highest BCUT2D eigenvalue weighted by Crippen LogP contribution is 2.19. The molecule has 1 aliphatic heterocycles. The van der Waals surface area contributed by atoms with Crippen molar-refractivity contribution in [3.63, 3.8) is 0 Å². The van der Waals surface area contributed by atoms with Gasteiger partial charge in [-0.2, -0.15) is 0 Å². The van der Waals surface area contributed by atoms with E-state index in [1.807, 2.05) is 60.7 Å². The second-order valence-electron chi connectivity index (χ2n) is 6.88. The highest BCUT2D eigenvalue weighted by molar-refractivity contribution is 5.75. The minimum absolute atomic E-state index is 0.0855. The van der Waals surface area contributed by atoms with Crippen molar-refractivity contribution in [3.05, 3.63) is 71.8 Å². The molecule has 0 radical (unpaired) electrons. The number of ether oxygens (including phenoxy) is 4. The van der Waals surface area contributed by atoms with Crippen LogP contribution in [0.25, 0.3) is 0 Å². The van der Waals surface area contributed by atoms with Gasteiger partial charge < -0.3 is 24.7 Å². The molecule has 3 rings (SSSR count). The normalized spacial score (nSPS) is 26.0. The molecule has 2 N–H and O–H groups in total. The van der Waals surface area contributed by atoms with E-state index in [1.54, 1.807) is 6.92 Å². The van der Waals surface area contributed by atoms with Crippen molar-refractivity contribution in [2.45, 2.75) is 44.5 Å². The predicted molar refractivity (Wildman–Crippen MR) is 104 cm³/mol. The third-order valence-corrected chi connectivity index (χ3v) is 4.61. The Labute approximate surface area is 165 Å². The van der Waals surface area contributed by atoms with Crippen LogP contribution in [0.15, 0.2) is 60.7 Å². The van der Waals surface area contributed by atoms with E-state index < -0.39 is 30.3 Å². The molecule has 1 aliphatic rings. The van der Waals surface area contributed by atoms with Gasteiger partial charge in [-0.25, -0.2) is 0 Å². The predicted octanol–water partition coefficient (Wildman–Crippen LogP) is 2.45. The average Bonchev–Trinajstić information content (AvgIpc) is 2.76. The lowest BCUT2D eigenvalue weighted by Gasteiger charge is -2.30. The number of hydrogen-bond acceptors (Lipinski definition) is 6. The first-order valence-electron chi connectivity index (χ1n) is 9.48. The Morgan fingerprint density at radius 1 is 0.929 bits per heavy atom. The Bertz CT molecular complexity index is 724. The van der Waals surface area contributed by atoms with E-state index in [9.17, 15) is 4.79 Å². The van der Waals surface area contributed by atoms with Gasteiger partial charge in [0.05, 0.1) is 26.4 Å². The molecule has 1 saturated heterocycles. The maximum atomic E-state index is 12.1. The lowest BCUT2D eigenvalue weighted by Crippen LogP contribution is -2.44. The number of carbonyl (C=O) groups excluding carboxylic acids is 1. The number of esters is 1. The van der Waals surface area contributed by atoms with Crippen molar-refractivity contribution in [3.8, 4) is 0 Å². The molecule has 2 aromatic rings. The van der Waals surface area contributed by atoms with E-state index in [0.717, 1.165) is 11.1 Å². The molecular weight excluding hydrogens is 358 g/mol. The summed E-state index contributed by atoms with van der Waals surface area (Å²) in [5, 5.41) is 0. The van der Waals surface area contributed by atoms with Crippen LogP contribution in [0.1, 0.15) is 18.1 Å². The third-order valence-electron chi connectivity index (χ3n) is 4.61. The quantitative estimate of drug-likeness (QED) is 0.770. The molecule has 0 bridgehead atoms. The number of carbonyl (C=O) groups is 1. The van der Waals surface area contributed by atoms with Crippen LogP contribution in [0.2, 0.25) is 0 Å². The van der Waals surface area contributed by atoms with Crippen molar-refractivity contribution >= 4 is 5.97 Å². The van der Waals surface area contributed by atoms with Crippen molar-refractivity contribution < 1.29 is 23.7 Å². The fourth-order valence-corrected chi connectivity index (χ4v) is 3.04. The van der Waals surface area contributed by atoms with Gasteiger partial charge in [-0.3, -0.25) is 4.79 Å². The molecule has 28 heavy (non-hydrogen) atoms. The topological polar surface area (TPSA) is 80.0 Å². The smallest absolute Gasteiger partial charge is 0.325 e. The largest absolute Gasteiger partial charge is 0.459 e. The first kappa shape index (κ1) is 20.5. The zero-order valence-electron chi connectivity index (χ0n) is 16.0. The van der Waals surface area contributed by atoms with E-state index in [1.165, 1.54) is 0 Å². The second-order valence-corrected chi connectivity index (χ2v) is 6.88. The zero-order valence-corrected chi connectivity index (χ0v) is 16.0. The average molecular weight is 385 g/mol. The minimum Gasteiger partial charge on any atom is -0.459 e. The minimum atomic E-state index is -0.815. The van der Waals surface area contributed by atoms with E-state index in [2.05, 4.69) is 0 Å². The van der Waals surface area contributed by atoms with Crippen molar-refractivity contribution in [2.24, 2.45) is 5.73 Å². The molecule has 4 atom stereocenters.